The third kappa shape index (κ3) is 2.51. The monoisotopic (exact) mass is 273 g/mol. The molecule has 5 nitrogen and oxygen atoms in total. The van der Waals surface area contributed by atoms with Crippen molar-refractivity contribution >= 4 is 28.6 Å². The van der Waals surface area contributed by atoms with Crippen LogP contribution in [0, 0.1) is 6.92 Å². The summed E-state index contributed by atoms with van der Waals surface area (Å²) in [5.41, 5.74) is 3.19. The van der Waals surface area contributed by atoms with Crippen LogP contribution in [0.15, 0.2) is 30.6 Å². The number of nitrogens with one attached hydrogen (secondary N) is 2. The van der Waals surface area contributed by atoms with Crippen molar-refractivity contribution in [2.24, 2.45) is 0 Å². The predicted octanol–water partition coefficient (Wildman–Crippen LogP) is 2.93. The zero-order valence-electron chi connectivity index (χ0n) is 10.3. The molecular formula is C13H12ClN5. The Morgan fingerprint density at radius 2 is 2.05 bits per heavy atom. The summed E-state index contributed by atoms with van der Waals surface area (Å²) >= 11 is 5.73. The van der Waals surface area contributed by atoms with Crippen molar-refractivity contribution < 1.29 is 0 Å². The fraction of sp³-hybridized carbons (Fsp3) is 0.154. The van der Waals surface area contributed by atoms with Gasteiger partial charge in [-0.3, -0.25) is 0 Å². The second-order valence-electron chi connectivity index (χ2n) is 4.23. The summed E-state index contributed by atoms with van der Waals surface area (Å²) in [6, 6.07) is 6.07. The minimum atomic E-state index is 0.518. The lowest BCUT2D eigenvalue weighted by atomic mass is 10.2. The number of hydrogen-bond donors (Lipinski definition) is 2. The number of benzene rings is 1. The van der Waals surface area contributed by atoms with Gasteiger partial charge in [0.1, 0.15) is 5.82 Å². The SMILES string of the molecule is Cc1cccc2[nH]c(CNc3ncc(Cl)cn3)nc12. The molecule has 3 rings (SSSR count). The molecule has 19 heavy (non-hydrogen) atoms. The molecule has 2 heterocycles. The second kappa shape index (κ2) is 4.85. The molecule has 0 atom stereocenters. The molecule has 0 aliphatic rings. The minimum absolute atomic E-state index is 0.518. The molecule has 0 spiro atoms. The van der Waals surface area contributed by atoms with Gasteiger partial charge >= 0.3 is 0 Å². The number of aryl methyl sites for hydroxylation is 1. The molecule has 2 N–H and O–H groups in total. The largest absolute Gasteiger partial charge is 0.347 e. The molecule has 0 aliphatic carbocycles. The molecule has 0 aliphatic heterocycles. The van der Waals surface area contributed by atoms with Gasteiger partial charge in [0.15, 0.2) is 0 Å². The van der Waals surface area contributed by atoms with Crippen molar-refractivity contribution in [3.63, 3.8) is 0 Å². The van der Waals surface area contributed by atoms with Gasteiger partial charge in [-0.1, -0.05) is 23.7 Å². The summed E-state index contributed by atoms with van der Waals surface area (Å²) in [7, 11) is 0. The van der Waals surface area contributed by atoms with Crippen LogP contribution in [0.1, 0.15) is 11.4 Å². The van der Waals surface area contributed by atoms with E-state index in [0.717, 1.165) is 22.4 Å². The molecule has 0 radical (unpaired) electrons. The molecule has 2 aromatic heterocycles. The first-order valence-corrected chi connectivity index (χ1v) is 6.26. The Balaban J connectivity index is 1.78. The van der Waals surface area contributed by atoms with Gasteiger partial charge in [-0.2, -0.15) is 0 Å². The van der Waals surface area contributed by atoms with Crippen molar-refractivity contribution in [2.45, 2.75) is 13.5 Å². The Morgan fingerprint density at radius 1 is 1.26 bits per heavy atom. The number of fused-ring (bicyclic) bond motifs is 1. The number of H-pyrrole nitrogens is 1. The maximum atomic E-state index is 5.73. The fourth-order valence-corrected chi connectivity index (χ4v) is 1.97. The van der Waals surface area contributed by atoms with E-state index in [1.165, 1.54) is 0 Å². The van der Waals surface area contributed by atoms with Crippen LogP contribution in [-0.4, -0.2) is 19.9 Å². The van der Waals surface area contributed by atoms with Gasteiger partial charge in [0.25, 0.3) is 0 Å². The molecule has 0 saturated carbocycles. The molecule has 3 aromatic rings. The molecule has 6 heteroatoms. The molecule has 0 amide bonds. The van der Waals surface area contributed by atoms with E-state index in [1.807, 2.05) is 25.1 Å². The Hall–Kier alpha value is -2.14. The van der Waals surface area contributed by atoms with E-state index in [0.29, 0.717) is 17.5 Å². The number of aromatic nitrogens is 4. The van der Waals surface area contributed by atoms with Crippen LogP contribution in [0.3, 0.4) is 0 Å². The third-order valence-electron chi connectivity index (χ3n) is 2.80. The molecule has 0 unspecified atom stereocenters. The summed E-state index contributed by atoms with van der Waals surface area (Å²) in [4.78, 5) is 15.9. The van der Waals surface area contributed by atoms with E-state index in [-0.39, 0.29) is 0 Å². The first kappa shape index (κ1) is 11.9. The van der Waals surface area contributed by atoms with Crippen LogP contribution < -0.4 is 5.32 Å². The average Bonchev–Trinajstić information content (AvgIpc) is 2.83. The highest BCUT2D eigenvalue weighted by molar-refractivity contribution is 6.30. The van der Waals surface area contributed by atoms with E-state index in [4.69, 9.17) is 11.6 Å². The molecule has 0 fully saturated rings. The number of nitrogens with zero attached hydrogens (tertiary/aromatic N) is 3. The number of para-hydroxylation sites is 1. The van der Waals surface area contributed by atoms with E-state index in [9.17, 15) is 0 Å². The summed E-state index contributed by atoms with van der Waals surface area (Å²) in [6.45, 7) is 2.58. The van der Waals surface area contributed by atoms with Crippen molar-refractivity contribution in [1.29, 1.82) is 0 Å². The van der Waals surface area contributed by atoms with Crippen LogP contribution in [0.25, 0.3) is 11.0 Å². The first-order chi connectivity index (χ1) is 9.22. The second-order valence-corrected chi connectivity index (χ2v) is 4.67. The number of rotatable bonds is 3. The molecule has 0 saturated heterocycles. The van der Waals surface area contributed by atoms with E-state index in [2.05, 4.69) is 25.3 Å². The third-order valence-corrected chi connectivity index (χ3v) is 2.99. The highest BCUT2D eigenvalue weighted by Gasteiger charge is 2.05. The number of anilines is 1. The van der Waals surface area contributed by atoms with Gasteiger partial charge in [0.05, 0.1) is 35.0 Å². The lowest BCUT2D eigenvalue weighted by Gasteiger charge is -2.01. The Bertz CT molecular complexity index is 705. The van der Waals surface area contributed by atoms with Gasteiger partial charge in [-0.15, -0.1) is 0 Å². The van der Waals surface area contributed by atoms with Crippen molar-refractivity contribution in [1.82, 2.24) is 19.9 Å². The van der Waals surface area contributed by atoms with Crippen molar-refractivity contribution in [3.8, 4) is 0 Å². The smallest absolute Gasteiger partial charge is 0.223 e. The van der Waals surface area contributed by atoms with Crippen molar-refractivity contribution in [2.75, 3.05) is 5.32 Å². The summed E-state index contributed by atoms with van der Waals surface area (Å²) in [5.74, 6) is 1.38. The van der Waals surface area contributed by atoms with Crippen LogP contribution in [-0.2, 0) is 6.54 Å². The van der Waals surface area contributed by atoms with Gasteiger partial charge < -0.3 is 10.3 Å². The zero-order valence-corrected chi connectivity index (χ0v) is 11.1. The van der Waals surface area contributed by atoms with Crippen LogP contribution in [0.4, 0.5) is 5.95 Å². The van der Waals surface area contributed by atoms with Gasteiger partial charge in [-0.05, 0) is 18.6 Å². The predicted molar refractivity (Wildman–Crippen MR) is 75.2 cm³/mol. The van der Waals surface area contributed by atoms with Crippen LogP contribution in [0.5, 0.6) is 0 Å². The highest BCUT2D eigenvalue weighted by atomic mass is 35.5. The van der Waals surface area contributed by atoms with E-state index in [1.54, 1.807) is 12.4 Å². The summed E-state index contributed by atoms with van der Waals surface area (Å²) in [5, 5.41) is 3.61. The van der Waals surface area contributed by atoms with Gasteiger partial charge in [0.2, 0.25) is 5.95 Å². The zero-order chi connectivity index (χ0) is 13.2. The fourth-order valence-electron chi connectivity index (χ4n) is 1.88. The Labute approximate surface area is 115 Å². The van der Waals surface area contributed by atoms with Crippen molar-refractivity contribution in [3.05, 3.63) is 47.0 Å². The maximum absolute atomic E-state index is 5.73. The molecule has 1 aromatic carbocycles. The maximum Gasteiger partial charge on any atom is 0.223 e. The number of imidazole rings is 1. The Morgan fingerprint density at radius 3 is 2.79 bits per heavy atom. The quantitative estimate of drug-likeness (QED) is 0.770. The average molecular weight is 274 g/mol. The Kier molecular flexibility index (Phi) is 3.05. The highest BCUT2D eigenvalue weighted by Crippen LogP contribution is 2.15. The molecule has 0 bridgehead atoms. The topological polar surface area (TPSA) is 66.5 Å². The van der Waals surface area contributed by atoms with Gasteiger partial charge in [0, 0.05) is 0 Å². The lowest BCUT2D eigenvalue weighted by Crippen LogP contribution is -2.04. The molecule has 96 valence electrons. The minimum Gasteiger partial charge on any atom is -0.347 e. The van der Waals surface area contributed by atoms with E-state index < -0.39 is 0 Å². The van der Waals surface area contributed by atoms with Crippen LogP contribution >= 0.6 is 11.6 Å². The van der Waals surface area contributed by atoms with E-state index >= 15 is 0 Å². The normalized spacial score (nSPS) is 10.8. The summed E-state index contributed by atoms with van der Waals surface area (Å²) in [6.07, 6.45) is 3.11. The van der Waals surface area contributed by atoms with Crippen LogP contribution in [0.2, 0.25) is 5.02 Å². The first-order valence-electron chi connectivity index (χ1n) is 5.88. The number of halogens is 1. The number of aromatic amines is 1. The molecular weight excluding hydrogens is 262 g/mol. The number of hydrogen-bond acceptors (Lipinski definition) is 4. The standard InChI is InChI=1S/C13H12ClN5/c1-8-3-2-4-10-12(8)19-11(18-10)7-17-13-15-5-9(14)6-16-13/h2-6H,7H2,1H3,(H,18,19)(H,15,16,17). The lowest BCUT2D eigenvalue weighted by molar-refractivity contribution is 0.975. The summed E-state index contributed by atoms with van der Waals surface area (Å²) < 4.78 is 0. The van der Waals surface area contributed by atoms with Gasteiger partial charge in [-0.25, -0.2) is 15.0 Å².